The van der Waals surface area contributed by atoms with Crippen molar-refractivity contribution in [1.29, 1.82) is 0 Å². The van der Waals surface area contributed by atoms with Crippen molar-refractivity contribution in [3.63, 3.8) is 0 Å². The smallest absolute Gasteiger partial charge is 0.120 e. The molecule has 1 heteroatoms. The van der Waals surface area contributed by atoms with Crippen LogP contribution in [0.1, 0.15) is 97.8 Å². The quantitative estimate of drug-likeness (QED) is 0.430. The molecule has 0 unspecified atom stereocenters. The van der Waals surface area contributed by atoms with Gasteiger partial charge in [0.2, 0.25) is 0 Å². The van der Waals surface area contributed by atoms with Crippen molar-refractivity contribution < 1.29 is 5.11 Å². The van der Waals surface area contributed by atoms with Crippen molar-refractivity contribution in [3.05, 3.63) is 12.2 Å². The molecule has 1 N–H and O–H groups in total. The maximum absolute atomic E-state index is 9.61. The molecule has 0 aromatic rings. The minimum atomic E-state index is -0.878. The van der Waals surface area contributed by atoms with Crippen LogP contribution < -0.4 is 0 Å². The Kier molecular flexibility index (Phi) is 8.57. The molecule has 0 amide bonds. The SMILES string of the molecule is CCCCCC1CCC(C2CCC(C=CC#CC(C)(C)O)CC2)CC1. The molecule has 0 atom stereocenters. The van der Waals surface area contributed by atoms with E-state index >= 15 is 0 Å². The lowest BCUT2D eigenvalue weighted by Crippen LogP contribution is -2.25. The molecule has 2 rings (SSSR count). The number of aliphatic hydroxyl groups is 1. The summed E-state index contributed by atoms with van der Waals surface area (Å²) < 4.78 is 0. The van der Waals surface area contributed by atoms with E-state index in [0.717, 1.165) is 17.8 Å². The molecule has 2 saturated carbocycles. The Morgan fingerprint density at radius 3 is 2.08 bits per heavy atom. The molecule has 0 spiro atoms. The Balaban J connectivity index is 1.65. The molecule has 0 aliphatic heterocycles. The molecule has 0 aromatic carbocycles. The Hall–Kier alpha value is -0.740. The second-order valence-corrected chi connectivity index (χ2v) is 9.14. The minimum absolute atomic E-state index is 0.706. The molecular weight excluding hydrogens is 304 g/mol. The van der Waals surface area contributed by atoms with Crippen LogP contribution in [0.3, 0.4) is 0 Å². The molecule has 2 aliphatic carbocycles. The van der Waals surface area contributed by atoms with Gasteiger partial charge in [0.05, 0.1) is 0 Å². The zero-order chi connectivity index (χ0) is 18.1. The van der Waals surface area contributed by atoms with Crippen LogP contribution >= 0.6 is 0 Å². The third kappa shape index (κ3) is 8.00. The van der Waals surface area contributed by atoms with Crippen molar-refractivity contribution in [3.8, 4) is 11.8 Å². The number of hydrogen-bond acceptors (Lipinski definition) is 1. The molecule has 0 heterocycles. The third-order valence-corrected chi connectivity index (χ3v) is 6.42. The summed E-state index contributed by atoms with van der Waals surface area (Å²) in [5.41, 5.74) is -0.878. The van der Waals surface area contributed by atoms with Gasteiger partial charge in [0.1, 0.15) is 5.60 Å². The topological polar surface area (TPSA) is 20.2 Å². The zero-order valence-electron chi connectivity index (χ0n) is 16.9. The van der Waals surface area contributed by atoms with E-state index in [9.17, 15) is 5.11 Å². The van der Waals surface area contributed by atoms with Gasteiger partial charge in [-0.2, -0.15) is 0 Å². The van der Waals surface area contributed by atoms with E-state index < -0.39 is 5.60 Å². The summed E-state index contributed by atoms with van der Waals surface area (Å²) in [7, 11) is 0. The maximum Gasteiger partial charge on any atom is 0.120 e. The van der Waals surface area contributed by atoms with Crippen molar-refractivity contribution in [2.45, 2.75) is 103 Å². The van der Waals surface area contributed by atoms with Crippen molar-refractivity contribution in [1.82, 2.24) is 0 Å². The maximum atomic E-state index is 9.61. The van der Waals surface area contributed by atoms with Crippen LogP contribution in [0.2, 0.25) is 0 Å². The largest absolute Gasteiger partial charge is 0.378 e. The van der Waals surface area contributed by atoms with Crippen LogP contribution in [0.5, 0.6) is 0 Å². The second kappa shape index (κ2) is 10.4. The minimum Gasteiger partial charge on any atom is -0.378 e. The van der Waals surface area contributed by atoms with Gasteiger partial charge < -0.3 is 5.11 Å². The van der Waals surface area contributed by atoms with Crippen molar-refractivity contribution >= 4 is 0 Å². The summed E-state index contributed by atoms with van der Waals surface area (Å²) in [4.78, 5) is 0. The highest BCUT2D eigenvalue weighted by molar-refractivity contribution is 5.21. The summed E-state index contributed by atoms with van der Waals surface area (Å²) in [6.07, 6.45) is 21.5. The molecule has 25 heavy (non-hydrogen) atoms. The average molecular weight is 345 g/mol. The molecule has 0 saturated heterocycles. The number of unbranched alkanes of at least 4 members (excludes halogenated alkanes) is 2. The number of rotatable bonds is 6. The van der Waals surface area contributed by atoms with E-state index in [1.54, 1.807) is 13.8 Å². The first-order valence-electron chi connectivity index (χ1n) is 10.9. The standard InChI is InChI=1S/C24H40O/c1-4-5-6-9-20-11-15-22(16-12-20)23-17-13-21(14-18-23)10-7-8-19-24(2,3)25/h7,10,20-23,25H,4-6,9,11-18H2,1-3H3. The highest BCUT2D eigenvalue weighted by atomic mass is 16.3. The predicted octanol–water partition coefficient (Wildman–Crippen LogP) is 6.51. The average Bonchev–Trinajstić information content (AvgIpc) is 2.59. The lowest BCUT2D eigenvalue weighted by molar-refractivity contribution is 0.143. The second-order valence-electron chi connectivity index (χ2n) is 9.14. The van der Waals surface area contributed by atoms with E-state index in [0.29, 0.717) is 5.92 Å². The van der Waals surface area contributed by atoms with Crippen LogP contribution in [-0.2, 0) is 0 Å². The van der Waals surface area contributed by atoms with Crippen molar-refractivity contribution in [2.24, 2.45) is 23.7 Å². The van der Waals surface area contributed by atoms with E-state index in [1.165, 1.54) is 77.0 Å². The summed E-state index contributed by atoms with van der Waals surface area (Å²) in [5.74, 6) is 9.61. The zero-order valence-corrected chi connectivity index (χ0v) is 16.9. The highest BCUT2D eigenvalue weighted by Gasteiger charge is 2.30. The van der Waals surface area contributed by atoms with Crippen LogP contribution in [0.25, 0.3) is 0 Å². The molecular formula is C24H40O. The first kappa shape index (κ1) is 20.6. The number of allylic oxidation sites excluding steroid dienone is 2. The summed E-state index contributed by atoms with van der Waals surface area (Å²) in [6.45, 7) is 5.78. The molecule has 0 radical (unpaired) electrons. The monoisotopic (exact) mass is 344 g/mol. The van der Waals surface area contributed by atoms with Gasteiger partial charge in [-0.3, -0.25) is 0 Å². The first-order chi connectivity index (χ1) is 12.0. The normalized spacial score (nSPS) is 30.9. The van der Waals surface area contributed by atoms with Gasteiger partial charge in [0.25, 0.3) is 0 Å². The van der Waals surface area contributed by atoms with Gasteiger partial charge in [0.15, 0.2) is 0 Å². The van der Waals surface area contributed by atoms with Gasteiger partial charge in [-0.1, -0.05) is 63.4 Å². The lowest BCUT2D eigenvalue weighted by atomic mass is 9.68. The highest BCUT2D eigenvalue weighted by Crippen LogP contribution is 2.42. The molecule has 1 nitrogen and oxygen atoms in total. The van der Waals surface area contributed by atoms with Gasteiger partial charge >= 0.3 is 0 Å². The Morgan fingerprint density at radius 1 is 0.920 bits per heavy atom. The van der Waals surface area contributed by atoms with Crippen LogP contribution in [0, 0.1) is 35.5 Å². The molecule has 2 fully saturated rings. The fourth-order valence-corrected chi connectivity index (χ4v) is 4.84. The predicted molar refractivity (Wildman–Crippen MR) is 108 cm³/mol. The molecule has 2 aliphatic rings. The van der Waals surface area contributed by atoms with E-state index in [2.05, 4.69) is 24.8 Å². The Morgan fingerprint density at radius 2 is 1.52 bits per heavy atom. The Bertz CT molecular complexity index is 443. The third-order valence-electron chi connectivity index (χ3n) is 6.42. The van der Waals surface area contributed by atoms with Gasteiger partial charge in [-0.05, 0) is 82.1 Å². The Labute approximate surface area is 156 Å². The van der Waals surface area contributed by atoms with Gasteiger partial charge in [0, 0.05) is 0 Å². The van der Waals surface area contributed by atoms with Crippen LogP contribution in [-0.4, -0.2) is 10.7 Å². The summed E-state index contributed by atoms with van der Waals surface area (Å²) >= 11 is 0. The van der Waals surface area contributed by atoms with Crippen molar-refractivity contribution in [2.75, 3.05) is 0 Å². The van der Waals surface area contributed by atoms with Gasteiger partial charge in [-0.15, -0.1) is 0 Å². The van der Waals surface area contributed by atoms with Crippen LogP contribution in [0.15, 0.2) is 12.2 Å². The fourth-order valence-electron chi connectivity index (χ4n) is 4.84. The number of hydrogen-bond donors (Lipinski definition) is 1. The lowest BCUT2D eigenvalue weighted by Gasteiger charge is -2.37. The molecule has 0 aromatic heterocycles. The fraction of sp³-hybridized carbons (Fsp3) is 0.833. The molecule has 142 valence electrons. The van der Waals surface area contributed by atoms with E-state index in [-0.39, 0.29) is 0 Å². The van der Waals surface area contributed by atoms with Crippen LogP contribution in [0.4, 0.5) is 0 Å². The summed E-state index contributed by atoms with van der Waals surface area (Å²) in [5, 5.41) is 9.61. The summed E-state index contributed by atoms with van der Waals surface area (Å²) in [6, 6.07) is 0. The molecule has 0 bridgehead atoms. The first-order valence-corrected chi connectivity index (χ1v) is 10.9. The van der Waals surface area contributed by atoms with E-state index in [1.807, 2.05) is 6.08 Å². The van der Waals surface area contributed by atoms with Gasteiger partial charge in [-0.25, -0.2) is 0 Å². The van der Waals surface area contributed by atoms with E-state index in [4.69, 9.17) is 0 Å².